The number of nitrogens with one attached hydrogen (secondary N) is 2. The fourth-order valence-electron chi connectivity index (χ4n) is 5.34. The van der Waals surface area contributed by atoms with Crippen LogP contribution in [0.15, 0.2) is 82.0 Å². The number of likely N-dealkylation sites (tertiary alicyclic amines) is 1. The SMILES string of the molecule is O=C(N[C@H](CN1CCCC1)c1cccc(OCc2ccccc2)c1)C1(c2ccc3oc(=O)[nH]c3c2)CC1.S. The molecule has 0 radical (unpaired) electrons. The van der Waals surface area contributed by atoms with E-state index in [2.05, 4.69) is 21.3 Å². The quantitative estimate of drug-likeness (QED) is 0.324. The molecule has 2 fully saturated rings. The molecular weight excluding hydrogens is 498 g/mol. The fourth-order valence-corrected chi connectivity index (χ4v) is 5.34. The maximum absolute atomic E-state index is 13.8. The van der Waals surface area contributed by atoms with Gasteiger partial charge in [-0.1, -0.05) is 48.5 Å². The lowest BCUT2D eigenvalue weighted by Crippen LogP contribution is -2.41. The summed E-state index contributed by atoms with van der Waals surface area (Å²) in [6.45, 7) is 3.35. The van der Waals surface area contributed by atoms with Crippen molar-refractivity contribution in [1.82, 2.24) is 15.2 Å². The minimum Gasteiger partial charge on any atom is -0.489 e. The standard InChI is InChI=1S/C30H31N3O4.H2S/c34-28(30(13-14-30)23-11-12-27-25(18-23)32-29(35)37-27)31-26(19-33-15-4-5-16-33)22-9-6-10-24(17-22)36-20-21-7-2-1-3-8-21;/h1-3,6-12,17-18,26H,4-5,13-16,19-20H2,(H,31,34)(H,32,35);1H2/t26-;/m1./s1. The van der Waals surface area contributed by atoms with Crippen molar-refractivity contribution in [3.63, 3.8) is 0 Å². The number of oxazole rings is 1. The third-order valence-electron chi connectivity index (χ3n) is 7.61. The van der Waals surface area contributed by atoms with Gasteiger partial charge in [-0.3, -0.25) is 9.78 Å². The van der Waals surface area contributed by atoms with Crippen LogP contribution in [0.3, 0.4) is 0 Å². The zero-order valence-electron chi connectivity index (χ0n) is 21.2. The summed E-state index contributed by atoms with van der Waals surface area (Å²) >= 11 is 0. The lowest BCUT2D eigenvalue weighted by atomic mass is 9.93. The van der Waals surface area contributed by atoms with Crippen molar-refractivity contribution in [2.45, 2.75) is 43.7 Å². The van der Waals surface area contributed by atoms with Gasteiger partial charge in [0, 0.05) is 6.54 Å². The molecule has 8 heteroatoms. The van der Waals surface area contributed by atoms with Gasteiger partial charge >= 0.3 is 5.76 Å². The van der Waals surface area contributed by atoms with E-state index in [0.29, 0.717) is 17.7 Å². The van der Waals surface area contributed by atoms with E-state index < -0.39 is 11.2 Å². The van der Waals surface area contributed by atoms with Crippen LogP contribution in [0, 0.1) is 0 Å². The van der Waals surface area contributed by atoms with Gasteiger partial charge in [-0.15, -0.1) is 0 Å². The van der Waals surface area contributed by atoms with Crippen molar-refractivity contribution in [1.29, 1.82) is 0 Å². The van der Waals surface area contributed by atoms with Crippen LogP contribution in [-0.4, -0.2) is 35.4 Å². The van der Waals surface area contributed by atoms with E-state index in [4.69, 9.17) is 9.15 Å². The number of hydrogen-bond acceptors (Lipinski definition) is 5. The second-order valence-electron chi connectivity index (χ2n) is 10.2. The van der Waals surface area contributed by atoms with Gasteiger partial charge in [0.1, 0.15) is 12.4 Å². The van der Waals surface area contributed by atoms with Crippen molar-refractivity contribution < 1.29 is 13.9 Å². The maximum Gasteiger partial charge on any atom is 0.417 e. The van der Waals surface area contributed by atoms with Gasteiger partial charge in [0.15, 0.2) is 5.58 Å². The van der Waals surface area contributed by atoms with E-state index in [1.807, 2.05) is 60.7 Å². The molecule has 6 rings (SSSR count). The third-order valence-corrected chi connectivity index (χ3v) is 7.61. The Morgan fingerprint density at radius 2 is 1.82 bits per heavy atom. The summed E-state index contributed by atoms with van der Waals surface area (Å²) in [5.41, 5.74) is 3.61. The second kappa shape index (κ2) is 11.1. The molecule has 0 unspecified atom stereocenters. The van der Waals surface area contributed by atoms with Crippen LogP contribution in [0.5, 0.6) is 5.75 Å². The van der Waals surface area contributed by atoms with E-state index in [1.165, 1.54) is 12.8 Å². The molecule has 4 aromatic rings. The maximum atomic E-state index is 13.8. The molecule has 2 aliphatic rings. The Kier molecular flexibility index (Phi) is 7.63. The fraction of sp³-hybridized carbons (Fsp3) is 0.333. The van der Waals surface area contributed by atoms with Crippen LogP contribution in [0.2, 0.25) is 0 Å². The summed E-state index contributed by atoms with van der Waals surface area (Å²) in [5.74, 6) is 0.330. The summed E-state index contributed by atoms with van der Waals surface area (Å²) < 4.78 is 11.2. The van der Waals surface area contributed by atoms with E-state index in [9.17, 15) is 9.59 Å². The molecule has 0 spiro atoms. The molecule has 7 nitrogen and oxygen atoms in total. The Hall–Kier alpha value is -3.49. The molecule has 1 saturated heterocycles. The number of carbonyl (C=O) groups excluding carboxylic acids is 1. The number of H-pyrrole nitrogens is 1. The zero-order chi connectivity index (χ0) is 25.2. The summed E-state index contributed by atoms with van der Waals surface area (Å²) in [4.78, 5) is 30.5. The normalized spacial score (nSPS) is 17.1. The minimum absolute atomic E-state index is 0. The molecule has 1 saturated carbocycles. The van der Waals surface area contributed by atoms with Crippen molar-refractivity contribution in [3.05, 3.63) is 100 Å². The first-order valence-electron chi connectivity index (χ1n) is 13.0. The average molecular weight is 532 g/mol. The van der Waals surface area contributed by atoms with Crippen molar-refractivity contribution in [2.24, 2.45) is 0 Å². The van der Waals surface area contributed by atoms with Crippen LogP contribution in [0.4, 0.5) is 0 Å². The molecule has 3 aromatic carbocycles. The molecule has 2 heterocycles. The Morgan fingerprint density at radius 3 is 2.58 bits per heavy atom. The smallest absolute Gasteiger partial charge is 0.417 e. The molecule has 38 heavy (non-hydrogen) atoms. The van der Waals surface area contributed by atoms with Gasteiger partial charge in [-0.2, -0.15) is 13.5 Å². The van der Waals surface area contributed by atoms with Gasteiger partial charge in [0.25, 0.3) is 0 Å². The molecule has 1 aliphatic carbocycles. The van der Waals surface area contributed by atoms with Crippen LogP contribution in [-0.2, 0) is 16.8 Å². The van der Waals surface area contributed by atoms with E-state index >= 15 is 0 Å². The molecule has 1 aliphatic heterocycles. The molecule has 198 valence electrons. The zero-order valence-corrected chi connectivity index (χ0v) is 22.2. The number of ether oxygens (including phenoxy) is 1. The first-order chi connectivity index (χ1) is 18.1. The summed E-state index contributed by atoms with van der Waals surface area (Å²) in [5, 5.41) is 3.38. The molecule has 1 amide bonds. The van der Waals surface area contributed by atoms with Gasteiger partial charge < -0.3 is 19.4 Å². The highest BCUT2D eigenvalue weighted by atomic mass is 32.1. The lowest BCUT2D eigenvalue weighted by Gasteiger charge is -2.27. The highest BCUT2D eigenvalue weighted by Gasteiger charge is 2.52. The van der Waals surface area contributed by atoms with Crippen molar-refractivity contribution in [3.8, 4) is 5.75 Å². The number of fused-ring (bicyclic) bond motifs is 1. The largest absolute Gasteiger partial charge is 0.489 e. The molecule has 0 bridgehead atoms. The first kappa shape index (κ1) is 26.1. The second-order valence-corrected chi connectivity index (χ2v) is 10.2. The predicted octanol–water partition coefficient (Wildman–Crippen LogP) is 4.80. The van der Waals surface area contributed by atoms with E-state index in [-0.39, 0.29) is 25.4 Å². The topological polar surface area (TPSA) is 87.6 Å². The number of carbonyl (C=O) groups is 1. The highest BCUT2D eigenvalue weighted by molar-refractivity contribution is 7.59. The Balaban J connectivity index is 0.00000294. The molecule has 1 atom stereocenters. The Morgan fingerprint density at radius 1 is 1.03 bits per heavy atom. The van der Waals surface area contributed by atoms with Gasteiger partial charge in [0.05, 0.1) is 17.0 Å². The Bertz CT molecular complexity index is 1460. The lowest BCUT2D eigenvalue weighted by molar-refractivity contribution is -0.124. The molecular formula is C30H33N3O4S. The summed E-state index contributed by atoms with van der Waals surface area (Å²) in [7, 11) is 0. The number of hydrogen-bond donors (Lipinski definition) is 2. The van der Waals surface area contributed by atoms with Gasteiger partial charge in [-0.05, 0) is 79.7 Å². The summed E-state index contributed by atoms with van der Waals surface area (Å²) in [6.07, 6.45) is 3.94. The highest BCUT2D eigenvalue weighted by Crippen LogP contribution is 2.49. The number of amides is 1. The van der Waals surface area contributed by atoms with Crippen molar-refractivity contribution in [2.75, 3.05) is 19.6 Å². The molecule has 2 N–H and O–H groups in total. The minimum atomic E-state index is -0.576. The van der Waals surface area contributed by atoms with Crippen molar-refractivity contribution >= 4 is 30.5 Å². The average Bonchev–Trinajstić information content (AvgIpc) is 3.41. The number of aromatic amines is 1. The van der Waals surface area contributed by atoms with Gasteiger partial charge in [-0.25, -0.2) is 4.79 Å². The Labute approximate surface area is 228 Å². The van der Waals surface area contributed by atoms with Crippen LogP contribution in [0.25, 0.3) is 11.1 Å². The number of nitrogens with zero attached hydrogens (tertiary/aromatic N) is 1. The number of aromatic nitrogens is 1. The number of rotatable bonds is 9. The first-order valence-corrected chi connectivity index (χ1v) is 13.0. The van der Waals surface area contributed by atoms with Crippen LogP contribution >= 0.6 is 13.5 Å². The van der Waals surface area contributed by atoms with E-state index in [0.717, 1.165) is 54.9 Å². The molecule has 1 aromatic heterocycles. The van der Waals surface area contributed by atoms with Gasteiger partial charge in [0.2, 0.25) is 5.91 Å². The number of benzene rings is 3. The van der Waals surface area contributed by atoms with E-state index in [1.54, 1.807) is 6.07 Å². The van der Waals surface area contributed by atoms with Crippen LogP contribution < -0.4 is 15.8 Å². The van der Waals surface area contributed by atoms with Crippen LogP contribution in [0.1, 0.15) is 48.4 Å². The monoisotopic (exact) mass is 531 g/mol. The predicted molar refractivity (Wildman–Crippen MR) is 152 cm³/mol. The third kappa shape index (κ3) is 5.51. The summed E-state index contributed by atoms with van der Waals surface area (Å²) in [6, 6.07) is 23.6.